The van der Waals surface area contributed by atoms with Gasteiger partial charge in [0.2, 0.25) is 0 Å². The Morgan fingerprint density at radius 1 is 0.674 bits per heavy atom. The second-order valence-electron chi connectivity index (χ2n) is 11.3. The van der Waals surface area contributed by atoms with Crippen molar-refractivity contribution in [3.05, 3.63) is 161 Å². The average Bonchev–Trinajstić information content (AvgIpc) is 3.13. The fourth-order valence-electron chi connectivity index (χ4n) is 5.45. The fraction of sp³-hybridized carbons (Fsp3) is 0.205. The molecule has 5 aromatic carbocycles. The first-order valence-corrected chi connectivity index (χ1v) is 16.5. The molecule has 5 aromatic rings. The number of nitrogens with one attached hydrogen (secondary N) is 2. The SMILES string of the molecule is O=C(NCc1ccccc1)NCc1cccc(-c2ccc([C@@H]3O[C@H](CSc4ccccc4)C[C@H](c4ccc(CO)cc4)O3)cc2)c1. The van der Waals surface area contributed by atoms with Crippen molar-refractivity contribution in [2.75, 3.05) is 5.75 Å². The molecule has 0 spiro atoms. The largest absolute Gasteiger partial charge is 0.392 e. The summed E-state index contributed by atoms with van der Waals surface area (Å²) in [7, 11) is 0. The third-order valence-electron chi connectivity index (χ3n) is 7.99. The van der Waals surface area contributed by atoms with Gasteiger partial charge >= 0.3 is 6.03 Å². The van der Waals surface area contributed by atoms with Gasteiger partial charge in [0.15, 0.2) is 6.29 Å². The van der Waals surface area contributed by atoms with Gasteiger partial charge in [-0.3, -0.25) is 0 Å². The van der Waals surface area contributed by atoms with E-state index in [9.17, 15) is 9.90 Å². The van der Waals surface area contributed by atoms with Crippen LogP contribution in [0.25, 0.3) is 11.1 Å². The second kappa shape index (κ2) is 15.7. The molecule has 1 aliphatic rings. The molecule has 1 aliphatic heterocycles. The molecule has 0 unspecified atom stereocenters. The molecule has 1 heterocycles. The summed E-state index contributed by atoms with van der Waals surface area (Å²) in [6.07, 6.45) is 0.122. The Morgan fingerprint density at radius 3 is 2.04 bits per heavy atom. The van der Waals surface area contributed by atoms with E-state index < -0.39 is 6.29 Å². The minimum atomic E-state index is -0.503. The zero-order valence-electron chi connectivity index (χ0n) is 25.5. The topological polar surface area (TPSA) is 79.8 Å². The number of urea groups is 1. The first-order chi connectivity index (χ1) is 22.6. The van der Waals surface area contributed by atoms with Crippen LogP contribution in [-0.4, -0.2) is 23.0 Å². The Labute approximate surface area is 274 Å². The van der Waals surface area contributed by atoms with Crippen molar-refractivity contribution in [3.8, 4) is 11.1 Å². The Balaban J connectivity index is 1.11. The van der Waals surface area contributed by atoms with E-state index in [2.05, 4.69) is 71.3 Å². The lowest BCUT2D eigenvalue weighted by Gasteiger charge is -2.36. The van der Waals surface area contributed by atoms with Crippen molar-refractivity contribution in [2.24, 2.45) is 0 Å². The Morgan fingerprint density at radius 2 is 1.33 bits per heavy atom. The number of aliphatic hydroxyl groups is 1. The van der Waals surface area contributed by atoms with E-state index in [0.29, 0.717) is 13.1 Å². The van der Waals surface area contributed by atoms with Crippen LogP contribution in [0.1, 0.15) is 46.6 Å². The highest BCUT2D eigenvalue weighted by molar-refractivity contribution is 7.99. The fourth-order valence-corrected chi connectivity index (χ4v) is 6.39. The molecule has 6 nitrogen and oxygen atoms in total. The molecule has 0 radical (unpaired) electrons. The van der Waals surface area contributed by atoms with Crippen molar-refractivity contribution in [2.45, 2.75) is 49.5 Å². The Kier molecular flexibility index (Phi) is 10.8. The van der Waals surface area contributed by atoms with Crippen molar-refractivity contribution < 1.29 is 19.4 Å². The highest BCUT2D eigenvalue weighted by atomic mass is 32.2. The Bertz CT molecular complexity index is 1680. The number of amides is 2. The molecule has 6 rings (SSSR count). The van der Waals surface area contributed by atoms with Crippen LogP contribution >= 0.6 is 11.8 Å². The first kappa shape index (κ1) is 31.6. The van der Waals surface area contributed by atoms with E-state index in [1.807, 2.05) is 72.8 Å². The summed E-state index contributed by atoms with van der Waals surface area (Å²) in [4.78, 5) is 13.6. The predicted molar refractivity (Wildman–Crippen MR) is 183 cm³/mol. The number of rotatable bonds is 11. The Hall–Kier alpha value is -4.40. The molecular formula is C39H38N2O4S. The average molecular weight is 631 g/mol. The van der Waals surface area contributed by atoms with Crippen LogP contribution in [0.5, 0.6) is 0 Å². The third kappa shape index (κ3) is 8.65. The summed E-state index contributed by atoms with van der Waals surface area (Å²) in [6, 6.07) is 44.5. The molecule has 1 saturated heterocycles. The highest BCUT2D eigenvalue weighted by Gasteiger charge is 2.32. The summed E-state index contributed by atoms with van der Waals surface area (Å²) in [5, 5.41) is 15.4. The van der Waals surface area contributed by atoms with Gasteiger partial charge in [0.25, 0.3) is 0 Å². The van der Waals surface area contributed by atoms with E-state index in [1.54, 1.807) is 11.8 Å². The van der Waals surface area contributed by atoms with Crippen LogP contribution in [0.2, 0.25) is 0 Å². The quantitative estimate of drug-likeness (QED) is 0.128. The smallest absolute Gasteiger partial charge is 0.315 e. The molecule has 0 saturated carbocycles. The molecule has 0 aliphatic carbocycles. The molecule has 46 heavy (non-hydrogen) atoms. The summed E-state index contributed by atoms with van der Waals surface area (Å²) >= 11 is 1.79. The van der Waals surface area contributed by atoms with Crippen molar-refractivity contribution in [1.29, 1.82) is 0 Å². The lowest BCUT2D eigenvalue weighted by atomic mass is 9.99. The highest BCUT2D eigenvalue weighted by Crippen LogP contribution is 2.40. The monoisotopic (exact) mass is 630 g/mol. The molecule has 234 valence electrons. The molecule has 0 bridgehead atoms. The number of benzene rings is 5. The standard InChI is InChI=1S/C39H38N2O4S/c42-26-29-14-16-32(17-15-29)37-23-35(27-46-36-12-5-2-6-13-36)44-38(45-37)33-20-18-31(19-21-33)34-11-7-10-30(22-34)25-41-39(43)40-24-28-8-3-1-4-9-28/h1-22,35,37-38,42H,23-27H2,(H2,40,41,43)/t35-,37+,38+/m0/s1. The third-order valence-corrected chi connectivity index (χ3v) is 9.13. The van der Waals surface area contributed by atoms with E-state index in [-0.39, 0.29) is 24.8 Å². The van der Waals surface area contributed by atoms with Crippen LogP contribution in [0.15, 0.2) is 138 Å². The number of thioether (sulfide) groups is 1. The van der Waals surface area contributed by atoms with Crippen LogP contribution in [0.3, 0.4) is 0 Å². The molecular weight excluding hydrogens is 593 g/mol. The number of hydrogen-bond acceptors (Lipinski definition) is 5. The van der Waals surface area contributed by atoms with Gasteiger partial charge in [-0.25, -0.2) is 4.79 Å². The van der Waals surface area contributed by atoms with E-state index in [4.69, 9.17) is 9.47 Å². The maximum Gasteiger partial charge on any atom is 0.315 e. The molecule has 0 aromatic heterocycles. The summed E-state index contributed by atoms with van der Waals surface area (Å²) in [6.45, 7) is 0.930. The van der Waals surface area contributed by atoms with Crippen LogP contribution < -0.4 is 10.6 Å². The van der Waals surface area contributed by atoms with Crippen LogP contribution in [0, 0.1) is 0 Å². The van der Waals surface area contributed by atoms with Gasteiger partial charge in [-0.05, 0) is 51.6 Å². The number of aliphatic hydroxyl groups excluding tert-OH is 1. The van der Waals surface area contributed by atoms with Gasteiger partial charge in [0.1, 0.15) is 0 Å². The van der Waals surface area contributed by atoms with Gasteiger partial charge in [-0.2, -0.15) is 0 Å². The van der Waals surface area contributed by atoms with E-state index in [1.165, 1.54) is 4.90 Å². The number of hydrogen-bond donors (Lipinski definition) is 3. The van der Waals surface area contributed by atoms with Crippen molar-refractivity contribution >= 4 is 17.8 Å². The van der Waals surface area contributed by atoms with Crippen LogP contribution in [0.4, 0.5) is 4.79 Å². The van der Waals surface area contributed by atoms with Crippen LogP contribution in [-0.2, 0) is 29.2 Å². The van der Waals surface area contributed by atoms with Gasteiger partial charge in [-0.1, -0.05) is 115 Å². The molecule has 1 fully saturated rings. The van der Waals surface area contributed by atoms with Crippen molar-refractivity contribution in [3.63, 3.8) is 0 Å². The molecule has 3 N–H and O–H groups in total. The lowest BCUT2D eigenvalue weighted by Crippen LogP contribution is -2.34. The summed E-state index contributed by atoms with van der Waals surface area (Å²) in [5.41, 5.74) is 7.14. The van der Waals surface area contributed by atoms with Gasteiger partial charge < -0.3 is 25.2 Å². The zero-order valence-corrected chi connectivity index (χ0v) is 26.4. The first-order valence-electron chi connectivity index (χ1n) is 15.6. The summed E-state index contributed by atoms with van der Waals surface area (Å²) < 4.78 is 13.1. The van der Waals surface area contributed by atoms with Gasteiger partial charge in [0, 0.05) is 35.7 Å². The maximum atomic E-state index is 12.4. The predicted octanol–water partition coefficient (Wildman–Crippen LogP) is 8.18. The number of carbonyl (C=O) groups excluding carboxylic acids is 1. The van der Waals surface area contributed by atoms with E-state index in [0.717, 1.165) is 51.1 Å². The molecule has 3 atom stereocenters. The summed E-state index contributed by atoms with van der Waals surface area (Å²) in [5.74, 6) is 0.818. The molecule has 2 amide bonds. The zero-order chi connectivity index (χ0) is 31.6. The lowest BCUT2D eigenvalue weighted by molar-refractivity contribution is -0.245. The maximum absolute atomic E-state index is 12.4. The normalized spacial score (nSPS) is 17.7. The van der Waals surface area contributed by atoms with Crippen molar-refractivity contribution in [1.82, 2.24) is 10.6 Å². The van der Waals surface area contributed by atoms with Gasteiger partial charge in [-0.15, -0.1) is 11.8 Å². The number of ether oxygens (including phenoxy) is 2. The minimum absolute atomic E-state index is 0.000209. The second-order valence-corrected chi connectivity index (χ2v) is 12.4. The van der Waals surface area contributed by atoms with E-state index >= 15 is 0 Å². The minimum Gasteiger partial charge on any atom is -0.392 e. The van der Waals surface area contributed by atoms with Gasteiger partial charge in [0.05, 0.1) is 18.8 Å². The number of carbonyl (C=O) groups is 1. The molecule has 7 heteroatoms.